The van der Waals surface area contributed by atoms with Gasteiger partial charge in [0.1, 0.15) is 0 Å². The van der Waals surface area contributed by atoms with E-state index >= 15 is 0 Å². The third kappa shape index (κ3) is 3.53. The zero-order chi connectivity index (χ0) is 11.2. The molecule has 1 fully saturated rings. The molecule has 1 saturated heterocycles. The van der Waals surface area contributed by atoms with Crippen molar-refractivity contribution in [2.24, 2.45) is 11.7 Å². The van der Waals surface area contributed by atoms with E-state index in [0.29, 0.717) is 0 Å². The Balaban J connectivity index is 1.88. The lowest BCUT2D eigenvalue weighted by Crippen LogP contribution is -2.12. The Morgan fingerprint density at radius 1 is 1.06 bits per heavy atom. The normalized spacial score (nSPS) is 17.6. The fraction of sp³-hybridized carbons (Fsp3) is 0.571. The summed E-state index contributed by atoms with van der Waals surface area (Å²) in [6.45, 7) is 0.749. The van der Waals surface area contributed by atoms with E-state index in [0.717, 1.165) is 18.9 Å². The molecule has 2 N–H and O–H groups in total. The largest absolute Gasteiger partial charge is 0.330 e. The summed E-state index contributed by atoms with van der Waals surface area (Å²) in [4.78, 5) is 0. The van der Waals surface area contributed by atoms with E-state index in [4.69, 9.17) is 5.73 Å². The van der Waals surface area contributed by atoms with Gasteiger partial charge in [0.25, 0.3) is 0 Å². The number of rotatable bonds is 4. The van der Waals surface area contributed by atoms with Crippen molar-refractivity contribution >= 4 is 11.8 Å². The van der Waals surface area contributed by atoms with Gasteiger partial charge in [-0.1, -0.05) is 24.3 Å². The molecule has 0 aliphatic carbocycles. The van der Waals surface area contributed by atoms with Crippen molar-refractivity contribution in [3.63, 3.8) is 0 Å². The molecule has 1 aliphatic heterocycles. The molecule has 1 nitrogen and oxygen atoms in total. The molecule has 2 heteroatoms. The van der Waals surface area contributed by atoms with Gasteiger partial charge in [-0.2, -0.15) is 11.8 Å². The van der Waals surface area contributed by atoms with Crippen LogP contribution in [0.4, 0.5) is 0 Å². The Labute approximate surface area is 103 Å². The molecular weight excluding hydrogens is 214 g/mol. The molecule has 0 atom stereocenters. The Morgan fingerprint density at radius 3 is 2.31 bits per heavy atom. The maximum absolute atomic E-state index is 5.55. The molecule has 1 aromatic carbocycles. The number of hydrogen-bond donors (Lipinski definition) is 1. The third-order valence-corrected chi connectivity index (χ3v) is 4.37. The molecule has 0 radical (unpaired) electrons. The van der Waals surface area contributed by atoms with Gasteiger partial charge in [-0.25, -0.2) is 0 Å². The van der Waals surface area contributed by atoms with Crippen LogP contribution in [0.3, 0.4) is 0 Å². The van der Waals surface area contributed by atoms with E-state index in [1.165, 1.54) is 41.9 Å². The van der Waals surface area contributed by atoms with Crippen LogP contribution in [0.15, 0.2) is 24.3 Å². The van der Waals surface area contributed by atoms with Gasteiger partial charge < -0.3 is 5.73 Å². The first kappa shape index (κ1) is 12.0. The smallest absolute Gasteiger partial charge is 0.00367 e. The van der Waals surface area contributed by atoms with Crippen LogP contribution < -0.4 is 5.73 Å². The van der Waals surface area contributed by atoms with Gasteiger partial charge in [0.05, 0.1) is 0 Å². The SMILES string of the molecule is NCCc1ccc(CC2CCSCC2)cc1. The van der Waals surface area contributed by atoms with Crippen LogP contribution in [-0.4, -0.2) is 18.1 Å². The van der Waals surface area contributed by atoms with E-state index in [2.05, 4.69) is 36.0 Å². The number of thioether (sulfide) groups is 1. The van der Waals surface area contributed by atoms with Crippen molar-refractivity contribution in [1.29, 1.82) is 0 Å². The van der Waals surface area contributed by atoms with Gasteiger partial charge in [0.2, 0.25) is 0 Å². The number of benzene rings is 1. The monoisotopic (exact) mass is 235 g/mol. The van der Waals surface area contributed by atoms with E-state index < -0.39 is 0 Å². The summed E-state index contributed by atoms with van der Waals surface area (Å²) in [5.74, 6) is 3.63. The predicted octanol–water partition coefficient (Wildman–Crippen LogP) is 2.87. The topological polar surface area (TPSA) is 26.0 Å². The first-order valence-corrected chi connectivity index (χ1v) is 7.39. The molecule has 0 saturated carbocycles. The van der Waals surface area contributed by atoms with Gasteiger partial charge in [-0.05, 0) is 60.8 Å². The van der Waals surface area contributed by atoms with Crippen molar-refractivity contribution in [2.75, 3.05) is 18.1 Å². The van der Waals surface area contributed by atoms with E-state index in [1.54, 1.807) is 0 Å². The predicted molar refractivity (Wildman–Crippen MR) is 73.0 cm³/mol. The lowest BCUT2D eigenvalue weighted by molar-refractivity contribution is 0.488. The van der Waals surface area contributed by atoms with E-state index in [-0.39, 0.29) is 0 Å². The second-order valence-corrected chi connectivity index (χ2v) is 5.84. The summed E-state index contributed by atoms with van der Waals surface area (Å²) in [7, 11) is 0. The maximum atomic E-state index is 5.55. The summed E-state index contributed by atoms with van der Waals surface area (Å²) < 4.78 is 0. The molecule has 2 rings (SSSR count). The second kappa shape index (κ2) is 6.31. The Morgan fingerprint density at radius 2 is 1.69 bits per heavy atom. The molecule has 0 unspecified atom stereocenters. The van der Waals surface area contributed by atoms with Crippen LogP contribution in [0.5, 0.6) is 0 Å². The van der Waals surface area contributed by atoms with Gasteiger partial charge in [-0.15, -0.1) is 0 Å². The van der Waals surface area contributed by atoms with Crippen molar-refractivity contribution in [1.82, 2.24) is 0 Å². The van der Waals surface area contributed by atoms with Gasteiger partial charge in [0.15, 0.2) is 0 Å². The zero-order valence-corrected chi connectivity index (χ0v) is 10.6. The highest BCUT2D eigenvalue weighted by Crippen LogP contribution is 2.25. The quantitative estimate of drug-likeness (QED) is 0.868. The summed E-state index contributed by atoms with van der Waals surface area (Å²) in [5.41, 5.74) is 8.41. The van der Waals surface area contributed by atoms with Crippen molar-refractivity contribution in [2.45, 2.75) is 25.7 Å². The fourth-order valence-corrected chi connectivity index (χ4v) is 3.50. The minimum atomic E-state index is 0.749. The van der Waals surface area contributed by atoms with E-state index in [9.17, 15) is 0 Å². The standard InChI is InChI=1S/C14H21NS/c15-8-5-12-1-3-13(4-2-12)11-14-6-9-16-10-7-14/h1-4,14H,5-11,15H2. The van der Waals surface area contributed by atoms with E-state index in [1.807, 2.05) is 0 Å². The Hall–Kier alpha value is -0.470. The molecule has 0 aromatic heterocycles. The number of hydrogen-bond acceptors (Lipinski definition) is 2. The third-order valence-electron chi connectivity index (χ3n) is 3.32. The number of nitrogens with two attached hydrogens (primary N) is 1. The molecule has 0 spiro atoms. The van der Waals surface area contributed by atoms with Gasteiger partial charge in [0, 0.05) is 0 Å². The minimum Gasteiger partial charge on any atom is -0.330 e. The second-order valence-electron chi connectivity index (χ2n) is 4.62. The maximum Gasteiger partial charge on any atom is -0.00367 e. The summed E-state index contributed by atoms with van der Waals surface area (Å²) in [6.07, 6.45) is 5.06. The van der Waals surface area contributed by atoms with Crippen molar-refractivity contribution in [3.8, 4) is 0 Å². The molecular formula is C14H21NS. The first-order chi connectivity index (χ1) is 7.88. The Bertz CT molecular complexity index is 301. The summed E-state index contributed by atoms with van der Waals surface area (Å²) >= 11 is 2.10. The average molecular weight is 235 g/mol. The van der Waals surface area contributed by atoms with Crippen LogP contribution in [0.2, 0.25) is 0 Å². The fourth-order valence-electron chi connectivity index (χ4n) is 2.29. The highest BCUT2D eigenvalue weighted by Gasteiger charge is 2.13. The average Bonchev–Trinajstić information content (AvgIpc) is 2.33. The minimum absolute atomic E-state index is 0.749. The molecule has 16 heavy (non-hydrogen) atoms. The molecule has 0 amide bonds. The van der Waals surface area contributed by atoms with Crippen LogP contribution in [0.25, 0.3) is 0 Å². The van der Waals surface area contributed by atoms with Crippen molar-refractivity contribution in [3.05, 3.63) is 35.4 Å². The Kier molecular flexibility index (Phi) is 4.73. The molecule has 0 bridgehead atoms. The molecule has 1 aliphatic rings. The highest BCUT2D eigenvalue weighted by atomic mass is 32.2. The van der Waals surface area contributed by atoms with Crippen molar-refractivity contribution < 1.29 is 0 Å². The van der Waals surface area contributed by atoms with Crippen LogP contribution in [0.1, 0.15) is 24.0 Å². The lowest BCUT2D eigenvalue weighted by Gasteiger charge is -2.21. The molecule has 1 aromatic rings. The van der Waals surface area contributed by atoms with Gasteiger partial charge in [-0.3, -0.25) is 0 Å². The zero-order valence-electron chi connectivity index (χ0n) is 9.82. The molecule has 1 heterocycles. The first-order valence-electron chi connectivity index (χ1n) is 6.24. The van der Waals surface area contributed by atoms with Crippen LogP contribution >= 0.6 is 11.8 Å². The van der Waals surface area contributed by atoms with Crippen LogP contribution in [-0.2, 0) is 12.8 Å². The summed E-state index contributed by atoms with van der Waals surface area (Å²) in [5, 5.41) is 0. The molecule has 88 valence electrons. The highest BCUT2D eigenvalue weighted by molar-refractivity contribution is 7.99. The summed E-state index contributed by atoms with van der Waals surface area (Å²) in [6, 6.07) is 9.04. The van der Waals surface area contributed by atoms with Crippen LogP contribution in [0, 0.1) is 5.92 Å². The van der Waals surface area contributed by atoms with Gasteiger partial charge >= 0.3 is 0 Å². The lowest BCUT2D eigenvalue weighted by atomic mass is 9.93.